The Hall–Kier alpha value is -3.31. The Bertz CT molecular complexity index is 1890. The molecule has 4 aromatic rings. The first-order chi connectivity index (χ1) is 19.7. The Morgan fingerprint density at radius 1 is 1.17 bits per heavy atom. The summed E-state index contributed by atoms with van der Waals surface area (Å²) < 4.78 is 24.8. The number of esters is 1. The van der Waals surface area contributed by atoms with Crippen molar-refractivity contribution in [2.75, 3.05) is 20.8 Å². The van der Waals surface area contributed by atoms with E-state index in [1.54, 1.807) is 62.4 Å². The Morgan fingerprint density at radius 3 is 2.61 bits per heavy atom. The number of ether oxygens (including phenoxy) is 3. The van der Waals surface area contributed by atoms with Gasteiger partial charge in [0.1, 0.15) is 11.5 Å². The standard InChI is InChI=1S/C29H23BrCl2N2O6S/c1-5-39-28(36)24-14(2)33-29-34(26(24)17-12-21(37-3)22(38-4)13-18(17)30)27(35)23(41-29)11-15-9-10-20(40-15)16-7-6-8-19(31)25(16)32/h6-13,26H,5H2,1-4H3/b23-11-/t26-/m1/s1. The SMILES string of the molecule is CCOC(=O)C1=C(C)N=c2s/c(=C\c3ccc(-c4cccc(Cl)c4Cl)o3)c(=O)n2[C@@H]1c1cc(OC)c(OC)cc1Br. The van der Waals surface area contributed by atoms with Crippen molar-refractivity contribution in [1.82, 2.24) is 4.57 Å². The number of rotatable bonds is 7. The number of thiazole rings is 1. The van der Waals surface area contributed by atoms with E-state index < -0.39 is 12.0 Å². The van der Waals surface area contributed by atoms with E-state index in [0.717, 1.165) is 0 Å². The molecule has 1 aliphatic heterocycles. The van der Waals surface area contributed by atoms with E-state index >= 15 is 0 Å². The fourth-order valence-corrected chi connectivity index (χ4v) is 6.52. The number of allylic oxidation sites excluding steroid dienone is 1. The summed E-state index contributed by atoms with van der Waals surface area (Å²) in [5.74, 6) is 1.30. The summed E-state index contributed by atoms with van der Waals surface area (Å²) in [6.07, 6.45) is 1.63. The molecule has 5 rings (SSSR count). The molecule has 1 aliphatic rings. The first kappa shape index (κ1) is 29.2. The van der Waals surface area contributed by atoms with Crippen molar-refractivity contribution in [3.63, 3.8) is 0 Å². The summed E-state index contributed by atoms with van der Waals surface area (Å²) in [7, 11) is 3.05. The lowest BCUT2D eigenvalue weighted by Gasteiger charge is -2.26. The molecule has 3 heterocycles. The predicted molar refractivity (Wildman–Crippen MR) is 162 cm³/mol. The van der Waals surface area contributed by atoms with Gasteiger partial charge in [0.15, 0.2) is 16.3 Å². The lowest BCUT2D eigenvalue weighted by Crippen LogP contribution is -2.40. The number of furan rings is 1. The summed E-state index contributed by atoms with van der Waals surface area (Å²) >= 11 is 17.3. The number of fused-ring (bicyclic) bond motifs is 1. The maximum atomic E-state index is 14.0. The number of carbonyl (C=O) groups is 1. The van der Waals surface area contributed by atoms with Gasteiger partial charge in [-0.1, -0.05) is 56.5 Å². The van der Waals surface area contributed by atoms with Crippen LogP contribution in [-0.2, 0) is 9.53 Å². The topological polar surface area (TPSA) is 92.3 Å². The average molecular weight is 678 g/mol. The van der Waals surface area contributed by atoms with Crippen LogP contribution in [-0.4, -0.2) is 31.4 Å². The number of halogens is 3. The molecular weight excluding hydrogens is 655 g/mol. The fraction of sp³-hybridized carbons (Fsp3) is 0.207. The van der Waals surface area contributed by atoms with Crippen LogP contribution in [0.1, 0.15) is 31.2 Å². The first-order valence-corrected chi connectivity index (χ1v) is 14.7. The van der Waals surface area contributed by atoms with Crippen LogP contribution in [0, 0.1) is 0 Å². The summed E-state index contributed by atoms with van der Waals surface area (Å²) in [4.78, 5) is 32.2. The Kier molecular flexibility index (Phi) is 8.47. The normalized spacial score (nSPS) is 15.0. The molecule has 8 nitrogen and oxygen atoms in total. The van der Waals surface area contributed by atoms with Crippen LogP contribution in [0.4, 0.5) is 0 Å². The zero-order valence-corrected chi connectivity index (χ0v) is 26.2. The van der Waals surface area contributed by atoms with Gasteiger partial charge in [0, 0.05) is 16.1 Å². The van der Waals surface area contributed by atoms with Crippen LogP contribution < -0.4 is 24.4 Å². The summed E-state index contributed by atoms with van der Waals surface area (Å²) in [5, 5.41) is 0.779. The zero-order valence-electron chi connectivity index (χ0n) is 22.3. The minimum atomic E-state index is -0.848. The highest BCUT2D eigenvalue weighted by atomic mass is 79.9. The van der Waals surface area contributed by atoms with Gasteiger partial charge in [-0.05, 0) is 55.8 Å². The van der Waals surface area contributed by atoms with E-state index in [-0.39, 0.29) is 17.7 Å². The second-order valence-corrected chi connectivity index (χ2v) is 11.5. The zero-order chi connectivity index (χ0) is 29.4. The quantitative estimate of drug-likeness (QED) is 0.218. The van der Waals surface area contributed by atoms with E-state index in [1.807, 2.05) is 0 Å². The molecule has 0 saturated heterocycles. The molecule has 2 aromatic heterocycles. The van der Waals surface area contributed by atoms with Crippen molar-refractivity contribution in [1.29, 1.82) is 0 Å². The smallest absolute Gasteiger partial charge is 0.338 e. The van der Waals surface area contributed by atoms with Crippen LogP contribution in [0.2, 0.25) is 10.0 Å². The molecule has 1 atom stereocenters. The molecule has 0 amide bonds. The van der Waals surface area contributed by atoms with Crippen molar-refractivity contribution in [2.45, 2.75) is 19.9 Å². The fourth-order valence-electron chi connectivity index (χ4n) is 4.56. The van der Waals surface area contributed by atoms with Crippen LogP contribution in [0.3, 0.4) is 0 Å². The third-order valence-electron chi connectivity index (χ3n) is 6.43. The molecule has 12 heteroatoms. The number of nitrogens with zero attached hydrogens (tertiary/aromatic N) is 2. The third kappa shape index (κ3) is 5.37. The van der Waals surface area contributed by atoms with Gasteiger partial charge in [-0.2, -0.15) is 0 Å². The second kappa shape index (κ2) is 11.9. The highest BCUT2D eigenvalue weighted by Crippen LogP contribution is 2.41. The molecule has 41 heavy (non-hydrogen) atoms. The van der Waals surface area contributed by atoms with Gasteiger partial charge >= 0.3 is 5.97 Å². The van der Waals surface area contributed by atoms with Gasteiger partial charge < -0.3 is 18.6 Å². The molecule has 0 saturated carbocycles. The van der Waals surface area contributed by atoms with Crippen molar-refractivity contribution in [3.05, 3.63) is 99.3 Å². The van der Waals surface area contributed by atoms with Crippen LogP contribution in [0.15, 0.2) is 72.4 Å². The van der Waals surface area contributed by atoms with Gasteiger partial charge in [-0.3, -0.25) is 9.36 Å². The van der Waals surface area contributed by atoms with Crippen molar-refractivity contribution in [2.24, 2.45) is 4.99 Å². The molecule has 212 valence electrons. The molecular formula is C29H23BrCl2N2O6S. The largest absolute Gasteiger partial charge is 0.493 e. The van der Waals surface area contributed by atoms with Crippen molar-refractivity contribution < 1.29 is 23.4 Å². The van der Waals surface area contributed by atoms with Gasteiger partial charge in [-0.15, -0.1) is 0 Å². The highest BCUT2D eigenvalue weighted by molar-refractivity contribution is 9.10. The minimum absolute atomic E-state index is 0.164. The van der Waals surface area contributed by atoms with Gasteiger partial charge in [-0.25, -0.2) is 9.79 Å². The lowest BCUT2D eigenvalue weighted by molar-refractivity contribution is -0.139. The molecule has 0 unspecified atom stereocenters. The van der Waals surface area contributed by atoms with Crippen LogP contribution in [0.5, 0.6) is 11.5 Å². The van der Waals surface area contributed by atoms with E-state index in [9.17, 15) is 9.59 Å². The van der Waals surface area contributed by atoms with Gasteiger partial charge in [0.25, 0.3) is 5.56 Å². The van der Waals surface area contributed by atoms with E-state index in [2.05, 4.69) is 20.9 Å². The van der Waals surface area contributed by atoms with Gasteiger partial charge in [0.05, 0.1) is 52.7 Å². The number of hydrogen-bond acceptors (Lipinski definition) is 8. The highest BCUT2D eigenvalue weighted by Gasteiger charge is 2.35. The van der Waals surface area contributed by atoms with E-state index in [1.165, 1.54) is 30.1 Å². The summed E-state index contributed by atoms with van der Waals surface area (Å²) in [5.41, 5.74) is 1.57. The predicted octanol–water partition coefficient (Wildman–Crippen LogP) is 6.14. The third-order valence-corrected chi connectivity index (χ3v) is 8.92. The Morgan fingerprint density at radius 2 is 1.90 bits per heavy atom. The first-order valence-electron chi connectivity index (χ1n) is 12.3. The Balaban J connectivity index is 1.69. The molecule has 0 fully saturated rings. The number of carbonyl (C=O) groups excluding carboxylic acids is 1. The van der Waals surface area contributed by atoms with Gasteiger partial charge in [0.2, 0.25) is 0 Å². The number of benzene rings is 2. The second-order valence-electron chi connectivity index (χ2n) is 8.83. The number of aromatic nitrogens is 1. The molecule has 0 N–H and O–H groups in total. The van der Waals surface area contributed by atoms with Crippen LogP contribution >= 0.6 is 50.5 Å². The molecule has 0 radical (unpaired) electrons. The molecule has 0 aliphatic carbocycles. The summed E-state index contributed by atoms with van der Waals surface area (Å²) in [6.45, 7) is 3.61. The summed E-state index contributed by atoms with van der Waals surface area (Å²) in [6, 6.07) is 11.4. The van der Waals surface area contributed by atoms with Crippen LogP contribution in [0.25, 0.3) is 17.4 Å². The lowest BCUT2D eigenvalue weighted by atomic mass is 9.95. The maximum absolute atomic E-state index is 14.0. The molecule has 0 bridgehead atoms. The molecule has 0 spiro atoms. The van der Waals surface area contributed by atoms with Crippen molar-refractivity contribution >= 4 is 62.5 Å². The van der Waals surface area contributed by atoms with E-state index in [4.69, 9.17) is 41.8 Å². The Labute approximate surface area is 257 Å². The average Bonchev–Trinajstić information content (AvgIpc) is 3.53. The minimum Gasteiger partial charge on any atom is -0.493 e. The molecule has 2 aromatic carbocycles. The number of hydrogen-bond donors (Lipinski definition) is 0. The van der Waals surface area contributed by atoms with E-state index in [0.29, 0.717) is 63.7 Å². The monoisotopic (exact) mass is 676 g/mol. The van der Waals surface area contributed by atoms with Crippen molar-refractivity contribution in [3.8, 4) is 22.8 Å². The maximum Gasteiger partial charge on any atom is 0.338 e. The number of methoxy groups -OCH3 is 2.